The van der Waals surface area contributed by atoms with E-state index in [4.69, 9.17) is 16.3 Å². The van der Waals surface area contributed by atoms with E-state index < -0.39 is 0 Å². The van der Waals surface area contributed by atoms with Gasteiger partial charge in [0.1, 0.15) is 0 Å². The van der Waals surface area contributed by atoms with Gasteiger partial charge in [0.15, 0.2) is 0 Å². The molecule has 0 saturated heterocycles. The fraction of sp³-hybridized carbons (Fsp3) is 0.269. The molecule has 4 aromatic rings. The maximum atomic E-state index is 13.4. The smallest absolute Gasteiger partial charge is 0.322 e. The highest BCUT2D eigenvalue weighted by molar-refractivity contribution is 7.13. The molecule has 2 aromatic heterocycles. The Morgan fingerprint density at radius 3 is 2.70 bits per heavy atom. The number of para-hydroxylation sites is 1. The molecule has 0 aliphatic heterocycles. The highest BCUT2D eigenvalue weighted by atomic mass is 35.5. The van der Waals surface area contributed by atoms with E-state index in [0.717, 1.165) is 23.1 Å². The summed E-state index contributed by atoms with van der Waals surface area (Å²) in [6.45, 7) is 6.29. The van der Waals surface area contributed by atoms with Gasteiger partial charge in [-0.1, -0.05) is 41.9 Å². The van der Waals surface area contributed by atoms with Crippen LogP contribution < -0.4 is 5.32 Å². The molecule has 0 aliphatic rings. The average Bonchev–Trinajstić information content (AvgIpc) is 3.45. The zero-order valence-electron chi connectivity index (χ0n) is 19.1. The van der Waals surface area contributed by atoms with Crippen LogP contribution >= 0.6 is 22.9 Å². The molecule has 0 atom stereocenters. The Morgan fingerprint density at radius 1 is 1.15 bits per heavy atom. The molecule has 0 radical (unpaired) electrons. The topological polar surface area (TPSA) is 46.5 Å². The molecule has 0 fully saturated rings. The third-order valence-corrected chi connectivity index (χ3v) is 7.14. The standard InChI is InChI=1S/C26H28ClN3O2S/c1-4-30-23-12-6-5-9-19(23)20(25(30)24-13-8-16-33-24)17-29(14-15-32-3)26(31)28-22-11-7-10-21(27)18(22)2/h5-13,16H,4,14-15,17H2,1-3H3,(H,28,31). The van der Waals surface area contributed by atoms with Crippen molar-refractivity contribution < 1.29 is 9.53 Å². The number of amides is 2. The number of ether oxygens (including phenoxy) is 1. The second-order valence-electron chi connectivity index (χ2n) is 7.82. The predicted octanol–water partition coefficient (Wildman–Crippen LogP) is 7.03. The van der Waals surface area contributed by atoms with Crippen molar-refractivity contribution in [2.45, 2.75) is 26.9 Å². The Balaban J connectivity index is 1.75. The predicted molar refractivity (Wildman–Crippen MR) is 138 cm³/mol. The monoisotopic (exact) mass is 481 g/mol. The number of nitrogens with one attached hydrogen (secondary N) is 1. The summed E-state index contributed by atoms with van der Waals surface area (Å²) in [6.07, 6.45) is 0. The van der Waals surface area contributed by atoms with Crippen LogP contribution in [0.1, 0.15) is 18.1 Å². The lowest BCUT2D eigenvalue weighted by Crippen LogP contribution is -2.37. The highest BCUT2D eigenvalue weighted by Crippen LogP contribution is 2.37. The molecule has 5 nitrogen and oxygen atoms in total. The van der Waals surface area contributed by atoms with Crippen LogP contribution in [-0.2, 0) is 17.8 Å². The minimum atomic E-state index is -0.178. The average molecular weight is 482 g/mol. The van der Waals surface area contributed by atoms with Crippen molar-refractivity contribution in [2.75, 3.05) is 25.6 Å². The van der Waals surface area contributed by atoms with Crippen molar-refractivity contribution >= 4 is 45.6 Å². The molecule has 0 aliphatic carbocycles. The molecule has 2 heterocycles. The van der Waals surface area contributed by atoms with Crippen LogP contribution in [0.3, 0.4) is 0 Å². The molecule has 2 amide bonds. The van der Waals surface area contributed by atoms with Gasteiger partial charge in [0.2, 0.25) is 0 Å². The number of methoxy groups -OCH3 is 1. The largest absolute Gasteiger partial charge is 0.383 e. The van der Waals surface area contributed by atoms with Crippen LogP contribution in [0, 0.1) is 6.92 Å². The molecule has 0 unspecified atom stereocenters. The normalized spacial score (nSPS) is 11.2. The molecular weight excluding hydrogens is 454 g/mol. The summed E-state index contributed by atoms with van der Waals surface area (Å²) in [5.41, 5.74) is 5.05. The van der Waals surface area contributed by atoms with E-state index in [-0.39, 0.29) is 6.03 Å². The second-order valence-corrected chi connectivity index (χ2v) is 9.18. The minimum absolute atomic E-state index is 0.178. The van der Waals surface area contributed by atoms with Gasteiger partial charge in [0.25, 0.3) is 0 Å². The number of halogens is 1. The number of aryl methyl sites for hydroxylation is 1. The van der Waals surface area contributed by atoms with E-state index in [1.54, 1.807) is 18.4 Å². The number of hydrogen-bond donors (Lipinski definition) is 1. The van der Waals surface area contributed by atoms with Crippen molar-refractivity contribution in [1.29, 1.82) is 0 Å². The van der Waals surface area contributed by atoms with Crippen molar-refractivity contribution in [3.63, 3.8) is 0 Å². The van der Waals surface area contributed by atoms with Gasteiger partial charge in [0, 0.05) is 47.4 Å². The number of urea groups is 1. The van der Waals surface area contributed by atoms with E-state index in [1.807, 2.05) is 30.0 Å². The van der Waals surface area contributed by atoms with Gasteiger partial charge in [-0.3, -0.25) is 0 Å². The first-order chi connectivity index (χ1) is 16.0. The second kappa shape index (κ2) is 10.4. The lowest BCUT2D eigenvalue weighted by molar-refractivity contribution is 0.153. The number of aromatic nitrogens is 1. The fourth-order valence-electron chi connectivity index (χ4n) is 4.14. The molecule has 2 aromatic carbocycles. The van der Waals surface area contributed by atoms with E-state index in [0.29, 0.717) is 30.4 Å². The van der Waals surface area contributed by atoms with Crippen molar-refractivity contribution in [3.05, 3.63) is 76.1 Å². The molecule has 0 bridgehead atoms. The first kappa shape index (κ1) is 23.4. The number of benzene rings is 2. The molecule has 1 N–H and O–H groups in total. The van der Waals surface area contributed by atoms with Gasteiger partial charge in [-0.25, -0.2) is 4.79 Å². The number of nitrogens with zero attached hydrogens (tertiary/aromatic N) is 2. The number of thiophene rings is 1. The Labute approximate surface area is 203 Å². The number of hydrogen-bond acceptors (Lipinski definition) is 3. The summed E-state index contributed by atoms with van der Waals surface area (Å²) >= 11 is 7.98. The lowest BCUT2D eigenvalue weighted by atomic mass is 10.1. The molecular formula is C26H28ClN3O2S. The van der Waals surface area contributed by atoms with Gasteiger partial charge in [0.05, 0.1) is 23.7 Å². The van der Waals surface area contributed by atoms with Crippen LogP contribution in [0.2, 0.25) is 5.02 Å². The van der Waals surface area contributed by atoms with Crippen molar-refractivity contribution in [1.82, 2.24) is 9.47 Å². The van der Waals surface area contributed by atoms with Crippen LogP contribution in [0.15, 0.2) is 60.0 Å². The SMILES string of the molecule is CCn1c(-c2cccs2)c(CN(CCOC)C(=O)Nc2cccc(Cl)c2C)c2ccccc21. The van der Waals surface area contributed by atoms with Crippen LogP contribution in [0.25, 0.3) is 21.5 Å². The van der Waals surface area contributed by atoms with Gasteiger partial charge in [-0.15, -0.1) is 11.3 Å². The van der Waals surface area contributed by atoms with Gasteiger partial charge < -0.3 is 19.5 Å². The van der Waals surface area contributed by atoms with Crippen molar-refractivity contribution in [2.24, 2.45) is 0 Å². The molecule has 0 spiro atoms. The number of carbonyl (C=O) groups is 1. The van der Waals surface area contributed by atoms with Gasteiger partial charge in [-0.05, 0) is 49.1 Å². The number of anilines is 1. The molecule has 0 saturated carbocycles. The highest BCUT2D eigenvalue weighted by Gasteiger charge is 2.23. The quantitative estimate of drug-likeness (QED) is 0.293. The number of rotatable bonds is 8. The summed E-state index contributed by atoms with van der Waals surface area (Å²) in [5, 5.41) is 6.93. The molecule has 172 valence electrons. The zero-order chi connectivity index (χ0) is 23.4. The number of carbonyl (C=O) groups excluding carboxylic acids is 1. The summed E-state index contributed by atoms with van der Waals surface area (Å²) in [7, 11) is 1.65. The third kappa shape index (κ3) is 4.78. The van der Waals surface area contributed by atoms with Gasteiger partial charge in [-0.2, -0.15) is 0 Å². The Hall–Kier alpha value is -2.80. The van der Waals surface area contributed by atoms with E-state index >= 15 is 0 Å². The Morgan fingerprint density at radius 2 is 1.97 bits per heavy atom. The summed E-state index contributed by atoms with van der Waals surface area (Å²) in [6, 6.07) is 18.0. The zero-order valence-corrected chi connectivity index (χ0v) is 20.7. The van der Waals surface area contributed by atoms with E-state index in [2.05, 4.69) is 58.6 Å². The van der Waals surface area contributed by atoms with Crippen molar-refractivity contribution in [3.8, 4) is 10.6 Å². The summed E-state index contributed by atoms with van der Waals surface area (Å²) in [4.78, 5) is 16.4. The van der Waals surface area contributed by atoms with Gasteiger partial charge >= 0.3 is 6.03 Å². The Kier molecular flexibility index (Phi) is 7.38. The maximum Gasteiger partial charge on any atom is 0.322 e. The summed E-state index contributed by atoms with van der Waals surface area (Å²) < 4.78 is 7.66. The lowest BCUT2D eigenvalue weighted by Gasteiger charge is -2.24. The Bertz CT molecular complexity index is 1250. The first-order valence-electron chi connectivity index (χ1n) is 11.0. The van der Waals surface area contributed by atoms with Crippen LogP contribution in [0.4, 0.5) is 10.5 Å². The molecule has 7 heteroatoms. The van der Waals surface area contributed by atoms with E-state index in [1.165, 1.54) is 16.1 Å². The molecule has 33 heavy (non-hydrogen) atoms. The minimum Gasteiger partial charge on any atom is -0.383 e. The fourth-order valence-corrected chi connectivity index (χ4v) is 5.12. The maximum absolute atomic E-state index is 13.4. The van der Waals surface area contributed by atoms with Crippen LogP contribution in [-0.4, -0.2) is 35.8 Å². The summed E-state index contributed by atoms with van der Waals surface area (Å²) in [5.74, 6) is 0. The van der Waals surface area contributed by atoms with Crippen LogP contribution in [0.5, 0.6) is 0 Å². The number of fused-ring (bicyclic) bond motifs is 1. The van der Waals surface area contributed by atoms with E-state index in [9.17, 15) is 4.79 Å². The molecule has 4 rings (SSSR count). The third-order valence-electron chi connectivity index (χ3n) is 5.86. The first-order valence-corrected chi connectivity index (χ1v) is 12.2.